The molecule has 1 heterocycles. The molecular formula is C11H18N4O. The minimum Gasteiger partial charge on any atom is -0.355 e. The Morgan fingerprint density at radius 3 is 2.94 bits per heavy atom. The summed E-state index contributed by atoms with van der Waals surface area (Å²) >= 11 is 0. The third-order valence-electron chi connectivity index (χ3n) is 2.31. The summed E-state index contributed by atoms with van der Waals surface area (Å²) in [6, 6.07) is 2.09. The van der Waals surface area contributed by atoms with Crippen molar-refractivity contribution in [1.82, 2.24) is 14.8 Å². The van der Waals surface area contributed by atoms with Crippen LogP contribution in [0.15, 0.2) is 12.7 Å². The van der Waals surface area contributed by atoms with Crippen LogP contribution < -0.4 is 0 Å². The molecule has 88 valence electrons. The lowest BCUT2D eigenvalue weighted by molar-refractivity contribution is -0.00471. The fraction of sp³-hybridized carbons (Fsp3) is 0.727. The molecule has 0 aliphatic rings. The summed E-state index contributed by atoms with van der Waals surface area (Å²) in [5.41, 5.74) is 0. The van der Waals surface area contributed by atoms with E-state index < -0.39 is 0 Å². The van der Waals surface area contributed by atoms with Crippen molar-refractivity contribution in [3.8, 4) is 6.07 Å². The minimum absolute atomic E-state index is 0.297. The number of aromatic nitrogens is 3. The average molecular weight is 222 g/mol. The van der Waals surface area contributed by atoms with E-state index in [1.165, 1.54) is 25.6 Å². The molecule has 0 aromatic carbocycles. The highest BCUT2D eigenvalue weighted by Crippen LogP contribution is 2.11. The van der Waals surface area contributed by atoms with Crippen molar-refractivity contribution in [2.24, 2.45) is 0 Å². The highest BCUT2D eigenvalue weighted by atomic mass is 16.5. The number of hydrogen-bond acceptors (Lipinski definition) is 4. The first-order valence-electron chi connectivity index (χ1n) is 5.71. The zero-order chi connectivity index (χ0) is 11.6. The van der Waals surface area contributed by atoms with E-state index in [1.54, 1.807) is 11.0 Å². The van der Waals surface area contributed by atoms with Crippen LogP contribution in [0, 0.1) is 11.3 Å². The second-order valence-corrected chi connectivity index (χ2v) is 3.62. The number of rotatable bonds is 8. The van der Waals surface area contributed by atoms with Gasteiger partial charge in [-0.1, -0.05) is 26.2 Å². The molecule has 5 nitrogen and oxygen atoms in total. The lowest BCUT2D eigenvalue weighted by Gasteiger charge is -2.14. The van der Waals surface area contributed by atoms with Crippen molar-refractivity contribution >= 4 is 0 Å². The van der Waals surface area contributed by atoms with Crippen LogP contribution in [0.3, 0.4) is 0 Å². The van der Waals surface area contributed by atoms with Crippen LogP contribution in [0.1, 0.15) is 45.3 Å². The highest BCUT2D eigenvalue weighted by Gasteiger charge is 2.10. The van der Waals surface area contributed by atoms with Crippen LogP contribution in [0.25, 0.3) is 0 Å². The van der Waals surface area contributed by atoms with Gasteiger partial charge in [-0.25, -0.2) is 9.67 Å². The van der Waals surface area contributed by atoms with Crippen molar-refractivity contribution in [1.29, 1.82) is 5.26 Å². The molecule has 1 rings (SSSR count). The maximum absolute atomic E-state index is 8.68. The predicted octanol–water partition coefficient (Wildman–Crippen LogP) is 2.29. The smallest absolute Gasteiger partial charge is 0.164 e. The van der Waals surface area contributed by atoms with E-state index in [9.17, 15) is 0 Å². The van der Waals surface area contributed by atoms with Crippen LogP contribution >= 0.6 is 0 Å². The Bertz CT molecular complexity index is 304. The summed E-state index contributed by atoms with van der Waals surface area (Å²) in [4.78, 5) is 3.85. The summed E-state index contributed by atoms with van der Waals surface area (Å²) < 4.78 is 7.20. The van der Waals surface area contributed by atoms with Crippen LogP contribution in [0.5, 0.6) is 0 Å². The van der Waals surface area contributed by atoms with Crippen molar-refractivity contribution in [3.05, 3.63) is 12.7 Å². The highest BCUT2D eigenvalue weighted by molar-refractivity contribution is 4.75. The number of nitrogens with zero attached hydrogens (tertiary/aromatic N) is 4. The van der Waals surface area contributed by atoms with E-state index in [-0.39, 0.29) is 6.23 Å². The molecule has 0 saturated heterocycles. The van der Waals surface area contributed by atoms with E-state index >= 15 is 0 Å². The Kier molecular flexibility index (Phi) is 6.19. The minimum atomic E-state index is -0.297. The standard InChI is InChI=1S/C11H18N4O/c1-2-3-4-5-8-16-11(6-7-12)15-10-13-9-14-15/h9-11H,2-6,8H2,1H3. The summed E-state index contributed by atoms with van der Waals surface area (Å²) in [6.07, 6.45) is 7.68. The van der Waals surface area contributed by atoms with Gasteiger partial charge in [-0.2, -0.15) is 10.4 Å². The van der Waals surface area contributed by atoms with E-state index in [1.807, 2.05) is 0 Å². The van der Waals surface area contributed by atoms with Gasteiger partial charge < -0.3 is 4.74 Å². The van der Waals surface area contributed by atoms with Gasteiger partial charge in [0.15, 0.2) is 6.23 Å². The fourth-order valence-corrected chi connectivity index (χ4v) is 1.42. The molecule has 0 fully saturated rings. The Balaban J connectivity index is 2.27. The maximum atomic E-state index is 8.68. The van der Waals surface area contributed by atoms with Crippen LogP contribution in [-0.2, 0) is 4.74 Å². The van der Waals surface area contributed by atoms with E-state index in [4.69, 9.17) is 10.00 Å². The SMILES string of the molecule is CCCCCCOC(CC#N)n1cncn1. The molecule has 0 radical (unpaired) electrons. The van der Waals surface area contributed by atoms with Gasteiger partial charge in [-0.15, -0.1) is 0 Å². The zero-order valence-electron chi connectivity index (χ0n) is 9.67. The molecule has 0 N–H and O–H groups in total. The fourth-order valence-electron chi connectivity index (χ4n) is 1.42. The molecule has 1 aromatic heterocycles. The molecule has 0 amide bonds. The van der Waals surface area contributed by atoms with Crippen molar-refractivity contribution in [3.63, 3.8) is 0 Å². The molecule has 1 atom stereocenters. The van der Waals surface area contributed by atoms with Gasteiger partial charge in [-0.3, -0.25) is 0 Å². The van der Waals surface area contributed by atoms with Gasteiger partial charge in [0.2, 0.25) is 0 Å². The molecule has 0 saturated carbocycles. The maximum Gasteiger partial charge on any atom is 0.164 e. The Labute approximate surface area is 96.0 Å². The van der Waals surface area contributed by atoms with Crippen LogP contribution in [-0.4, -0.2) is 21.4 Å². The van der Waals surface area contributed by atoms with Crippen molar-refractivity contribution < 1.29 is 4.74 Å². The predicted molar refractivity (Wildman–Crippen MR) is 59.4 cm³/mol. The third kappa shape index (κ3) is 4.41. The van der Waals surface area contributed by atoms with Gasteiger partial charge in [0.1, 0.15) is 12.7 Å². The number of hydrogen-bond donors (Lipinski definition) is 0. The van der Waals surface area contributed by atoms with E-state index in [0.717, 1.165) is 6.42 Å². The molecule has 0 aliphatic heterocycles. The first-order valence-corrected chi connectivity index (χ1v) is 5.71. The topological polar surface area (TPSA) is 63.7 Å². The van der Waals surface area contributed by atoms with Crippen molar-refractivity contribution in [2.45, 2.75) is 45.3 Å². The molecule has 16 heavy (non-hydrogen) atoms. The number of ether oxygens (including phenoxy) is 1. The number of nitriles is 1. The molecule has 1 unspecified atom stereocenters. The normalized spacial score (nSPS) is 12.2. The van der Waals surface area contributed by atoms with Crippen molar-refractivity contribution in [2.75, 3.05) is 6.61 Å². The summed E-state index contributed by atoms with van der Waals surface area (Å²) in [7, 11) is 0. The summed E-state index contributed by atoms with van der Waals surface area (Å²) in [6.45, 7) is 2.85. The molecule has 1 aromatic rings. The number of unbranched alkanes of at least 4 members (excludes halogenated alkanes) is 3. The van der Waals surface area contributed by atoms with Crippen LogP contribution in [0.2, 0.25) is 0 Å². The molecule has 0 aliphatic carbocycles. The lowest BCUT2D eigenvalue weighted by Crippen LogP contribution is -2.13. The second-order valence-electron chi connectivity index (χ2n) is 3.62. The van der Waals surface area contributed by atoms with E-state index in [0.29, 0.717) is 13.0 Å². The second kappa shape index (κ2) is 7.83. The molecule has 5 heteroatoms. The quantitative estimate of drug-likeness (QED) is 0.633. The average Bonchev–Trinajstić information content (AvgIpc) is 2.81. The third-order valence-corrected chi connectivity index (χ3v) is 2.31. The largest absolute Gasteiger partial charge is 0.355 e. The molecule has 0 bridgehead atoms. The van der Waals surface area contributed by atoms with Gasteiger partial charge in [0.25, 0.3) is 0 Å². The first-order chi connectivity index (χ1) is 7.88. The van der Waals surface area contributed by atoms with Crippen LogP contribution in [0.4, 0.5) is 0 Å². The lowest BCUT2D eigenvalue weighted by atomic mass is 10.2. The van der Waals surface area contributed by atoms with Gasteiger partial charge in [0, 0.05) is 6.61 Å². The zero-order valence-corrected chi connectivity index (χ0v) is 9.67. The summed E-state index contributed by atoms with van der Waals surface area (Å²) in [5.74, 6) is 0. The van der Waals surface area contributed by atoms with E-state index in [2.05, 4.69) is 23.1 Å². The van der Waals surface area contributed by atoms with Gasteiger partial charge in [-0.05, 0) is 6.42 Å². The molecule has 0 spiro atoms. The Morgan fingerprint density at radius 2 is 2.31 bits per heavy atom. The first kappa shape index (κ1) is 12.7. The van der Waals surface area contributed by atoms with Gasteiger partial charge in [0.05, 0.1) is 12.5 Å². The summed E-state index contributed by atoms with van der Waals surface area (Å²) in [5, 5.41) is 12.7. The Hall–Kier alpha value is -1.41. The molecular weight excluding hydrogens is 204 g/mol. The Morgan fingerprint density at radius 1 is 1.44 bits per heavy atom. The monoisotopic (exact) mass is 222 g/mol. The van der Waals surface area contributed by atoms with Gasteiger partial charge >= 0.3 is 0 Å².